The molecule has 25 heavy (non-hydrogen) atoms. The number of anilines is 1. The molecule has 0 aliphatic carbocycles. The normalized spacial score (nSPS) is 19.2. The lowest BCUT2D eigenvalue weighted by atomic mass is 10.0. The molecule has 6 nitrogen and oxygen atoms in total. The number of hydrogen-bond acceptors (Lipinski definition) is 5. The van der Waals surface area contributed by atoms with Crippen LogP contribution in [0.4, 0.5) is 14.9 Å². The molecule has 0 saturated carbocycles. The van der Waals surface area contributed by atoms with E-state index in [4.69, 9.17) is 4.74 Å². The van der Waals surface area contributed by atoms with Crippen molar-refractivity contribution >= 4 is 11.8 Å². The van der Waals surface area contributed by atoms with Gasteiger partial charge in [0, 0.05) is 18.0 Å². The standard InChI is InChI=1S/C18H17FN4O2/c19-17-10-14(6-7-16(17)13-4-2-1-3-5-13)23-9-8-22(21-23)12-15-11-20-18(24)25-15/h1-10,15,21H,11-12H2,(H,20,24)/t15-/m1/s1. The van der Waals surface area contributed by atoms with E-state index in [-0.39, 0.29) is 11.9 Å². The Morgan fingerprint density at radius 1 is 1.16 bits per heavy atom. The molecule has 2 heterocycles. The highest BCUT2D eigenvalue weighted by Gasteiger charge is 2.26. The minimum absolute atomic E-state index is 0.221. The molecular weight excluding hydrogens is 323 g/mol. The molecule has 2 aromatic rings. The second-order valence-corrected chi connectivity index (χ2v) is 5.86. The van der Waals surface area contributed by atoms with Crippen LogP contribution in [0.15, 0.2) is 60.9 Å². The molecule has 1 amide bonds. The highest BCUT2D eigenvalue weighted by atomic mass is 19.1. The van der Waals surface area contributed by atoms with Gasteiger partial charge in [0.2, 0.25) is 0 Å². The Bertz CT molecular complexity index is 812. The zero-order chi connectivity index (χ0) is 17.2. The van der Waals surface area contributed by atoms with Crippen LogP contribution in [0, 0.1) is 5.82 Å². The summed E-state index contributed by atoms with van der Waals surface area (Å²) in [6, 6.07) is 14.5. The van der Waals surface area contributed by atoms with E-state index in [1.165, 1.54) is 6.07 Å². The van der Waals surface area contributed by atoms with Crippen molar-refractivity contribution in [2.75, 3.05) is 18.1 Å². The Morgan fingerprint density at radius 2 is 2.00 bits per heavy atom. The summed E-state index contributed by atoms with van der Waals surface area (Å²) in [5.74, 6) is -0.286. The lowest BCUT2D eigenvalue weighted by Gasteiger charge is -2.24. The average molecular weight is 340 g/mol. The van der Waals surface area contributed by atoms with Crippen molar-refractivity contribution in [2.24, 2.45) is 0 Å². The lowest BCUT2D eigenvalue weighted by molar-refractivity contribution is 0.112. The van der Waals surface area contributed by atoms with Gasteiger partial charge in [-0.3, -0.25) is 10.0 Å². The van der Waals surface area contributed by atoms with Crippen molar-refractivity contribution in [3.63, 3.8) is 0 Å². The third-order valence-electron chi connectivity index (χ3n) is 4.10. The van der Waals surface area contributed by atoms with E-state index >= 15 is 0 Å². The minimum Gasteiger partial charge on any atom is -0.442 e. The van der Waals surface area contributed by atoms with E-state index in [9.17, 15) is 9.18 Å². The van der Waals surface area contributed by atoms with Gasteiger partial charge in [-0.15, -0.1) is 5.53 Å². The molecule has 7 heteroatoms. The zero-order valence-electron chi connectivity index (χ0n) is 13.4. The molecule has 4 rings (SSSR count). The average Bonchev–Trinajstić information content (AvgIpc) is 3.25. The molecule has 1 saturated heterocycles. The SMILES string of the molecule is O=C1NC[C@H](CN2C=CN(c3ccc(-c4ccccc4)c(F)c3)N2)O1. The van der Waals surface area contributed by atoms with Crippen LogP contribution in [0.2, 0.25) is 0 Å². The fourth-order valence-corrected chi connectivity index (χ4v) is 2.86. The Hall–Kier alpha value is -3.06. The minimum atomic E-state index is -0.399. The van der Waals surface area contributed by atoms with Crippen LogP contribution in [-0.4, -0.2) is 30.3 Å². The number of carbonyl (C=O) groups excluding carboxylic acids is 1. The molecule has 0 radical (unpaired) electrons. The number of halogens is 1. The second-order valence-electron chi connectivity index (χ2n) is 5.86. The molecule has 0 spiro atoms. The monoisotopic (exact) mass is 340 g/mol. The summed E-state index contributed by atoms with van der Waals surface area (Å²) >= 11 is 0. The smallest absolute Gasteiger partial charge is 0.407 e. The fraction of sp³-hybridized carbons (Fsp3) is 0.167. The molecule has 1 atom stereocenters. The number of benzene rings is 2. The van der Waals surface area contributed by atoms with E-state index in [2.05, 4.69) is 10.9 Å². The Balaban J connectivity index is 1.44. The number of amides is 1. The van der Waals surface area contributed by atoms with Gasteiger partial charge in [-0.25, -0.2) is 9.18 Å². The Labute approximate surface area is 144 Å². The van der Waals surface area contributed by atoms with E-state index in [1.807, 2.05) is 42.6 Å². The summed E-state index contributed by atoms with van der Waals surface area (Å²) in [5.41, 5.74) is 5.19. The third-order valence-corrected chi connectivity index (χ3v) is 4.10. The highest BCUT2D eigenvalue weighted by Crippen LogP contribution is 2.27. The number of cyclic esters (lactones) is 1. The first kappa shape index (κ1) is 15.5. The van der Waals surface area contributed by atoms with Crippen LogP contribution in [0.1, 0.15) is 0 Å². The Morgan fingerprint density at radius 3 is 2.72 bits per heavy atom. The van der Waals surface area contributed by atoms with Crippen molar-refractivity contribution in [1.29, 1.82) is 0 Å². The van der Waals surface area contributed by atoms with Gasteiger partial charge in [0.05, 0.1) is 18.8 Å². The van der Waals surface area contributed by atoms with Crippen LogP contribution >= 0.6 is 0 Å². The molecule has 0 aromatic heterocycles. The van der Waals surface area contributed by atoms with Gasteiger partial charge in [-0.05, 0) is 23.8 Å². The van der Waals surface area contributed by atoms with Crippen molar-refractivity contribution < 1.29 is 13.9 Å². The summed E-state index contributed by atoms with van der Waals surface area (Å²) < 4.78 is 19.6. The summed E-state index contributed by atoms with van der Waals surface area (Å²) in [7, 11) is 0. The summed E-state index contributed by atoms with van der Waals surface area (Å²) in [4.78, 5) is 11.1. The van der Waals surface area contributed by atoms with Gasteiger partial charge in [0.25, 0.3) is 0 Å². The number of alkyl carbamates (subject to hydrolysis) is 1. The van der Waals surface area contributed by atoms with E-state index in [1.54, 1.807) is 22.3 Å². The van der Waals surface area contributed by atoms with E-state index in [0.29, 0.717) is 24.3 Å². The van der Waals surface area contributed by atoms with Crippen molar-refractivity contribution in [3.8, 4) is 11.1 Å². The highest BCUT2D eigenvalue weighted by molar-refractivity contribution is 5.69. The zero-order valence-corrected chi connectivity index (χ0v) is 13.4. The first-order valence-corrected chi connectivity index (χ1v) is 7.99. The van der Waals surface area contributed by atoms with Crippen LogP contribution < -0.4 is 15.9 Å². The van der Waals surface area contributed by atoms with Crippen LogP contribution in [0.3, 0.4) is 0 Å². The van der Waals surface area contributed by atoms with Crippen LogP contribution in [-0.2, 0) is 4.74 Å². The number of hydrogen-bond donors (Lipinski definition) is 2. The number of nitrogens with one attached hydrogen (secondary N) is 2. The summed E-state index contributed by atoms with van der Waals surface area (Å²) in [5, 5.41) is 6.11. The number of hydrazine groups is 2. The molecule has 0 unspecified atom stereocenters. The molecule has 2 aliphatic heterocycles. The molecule has 128 valence electrons. The van der Waals surface area contributed by atoms with E-state index < -0.39 is 6.09 Å². The predicted octanol–water partition coefficient (Wildman–Crippen LogP) is 2.61. The van der Waals surface area contributed by atoms with Gasteiger partial charge >= 0.3 is 6.09 Å². The molecule has 2 aromatic carbocycles. The molecule has 2 N–H and O–H groups in total. The summed E-state index contributed by atoms with van der Waals surface area (Å²) in [6.45, 7) is 0.974. The number of nitrogens with zero attached hydrogens (tertiary/aromatic N) is 2. The summed E-state index contributed by atoms with van der Waals surface area (Å²) in [6.07, 6.45) is 2.99. The van der Waals surface area contributed by atoms with Crippen LogP contribution in [0.5, 0.6) is 0 Å². The number of ether oxygens (including phenoxy) is 1. The largest absolute Gasteiger partial charge is 0.442 e. The topological polar surface area (TPSA) is 56.8 Å². The van der Waals surface area contributed by atoms with Crippen molar-refractivity contribution in [1.82, 2.24) is 15.9 Å². The Kier molecular flexibility index (Phi) is 3.99. The van der Waals surface area contributed by atoms with Gasteiger partial charge in [-0.1, -0.05) is 30.3 Å². The maximum absolute atomic E-state index is 14.5. The first-order valence-electron chi connectivity index (χ1n) is 7.99. The molecule has 0 bridgehead atoms. The fourth-order valence-electron chi connectivity index (χ4n) is 2.86. The third kappa shape index (κ3) is 3.27. The van der Waals surface area contributed by atoms with Gasteiger partial charge in [0.15, 0.2) is 0 Å². The predicted molar refractivity (Wildman–Crippen MR) is 91.6 cm³/mol. The quantitative estimate of drug-likeness (QED) is 0.896. The molecular formula is C18H17FN4O2. The first-order chi connectivity index (χ1) is 12.2. The maximum atomic E-state index is 14.5. The molecule has 2 aliphatic rings. The van der Waals surface area contributed by atoms with Crippen molar-refractivity contribution in [3.05, 3.63) is 66.7 Å². The maximum Gasteiger partial charge on any atom is 0.407 e. The van der Waals surface area contributed by atoms with Gasteiger partial charge in [0.1, 0.15) is 11.9 Å². The molecule has 1 fully saturated rings. The van der Waals surface area contributed by atoms with Crippen LogP contribution in [0.25, 0.3) is 11.1 Å². The van der Waals surface area contributed by atoms with E-state index in [0.717, 1.165) is 5.56 Å². The second kappa shape index (κ2) is 6.45. The van der Waals surface area contributed by atoms with Gasteiger partial charge in [-0.2, -0.15) is 0 Å². The number of rotatable bonds is 4. The van der Waals surface area contributed by atoms with Gasteiger partial charge < -0.3 is 10.1 Å². The number of carbonyl (C=O) groups is 1. The van der Waals surface area contributed by atoms with Crippen molar-refractivity contribution in [2.45, 2.75) is 6.10 Å². The lowest BCUT2D eigenvalue weighted by Crippen LogP contribution is -2.43.